The Hall–Kier alpha value is -1.93. The molecule has 182 valence electrons. The number of carbonyl (C=O) groups excluding carboxylic acids is 2. The van der Waals surface area contributed by atoms with E-state index < -0.39 is 16.6 Å². The van der Waals surface area contributed by atoms with Crippen molar-refractivity contribution in [3.05, 3.63) is 11.6 Å². The molecule has 8 nitrogen and oxygen atoms in total. The number of esters is 2. The number of fused-ring (bicyclic) bond motifs is 5. The van der Waals surface area contributed by atoms with Crippen LogP contribution < -0.4 is 0 Å². The molecule has 0 amide bonds. The maximum Gasteiger partial charge on any atom is 0.331 e. The van der Waals surface area contributed by atoms with Crippen LogP contribution in [-0.2, 0) is 19.1 Å². The van der Waals surface area contributed by atoms with Crippen LogP contribution in [0.3, 0.4) is 0 Å². The van der Waals surface area contributed by atoms with E-state index in [1.165, 1.54) is 13.1 Å². The Morgan fingerprint density at radius 2 is 1.91 bits per heavy atom. The lowest BCUT2D eigenvalue weighted by atomic mass is 9.41. The molecule has 3 N–H and O–H groups in total. The van der Waals surface area contributed by atoms with Gasteiger partial charge in [-0.3, -0.25) is 4.79 Å². The lowest BCUT2D eigenvalue weighted by Crippen LogP contribution is -2.69. The number of hydrogen-bond acceptors (Lipinski definition) is 8. The van der Waals surface area contributed by atoms with Crippen molar-refractivity contribution in [1.82, 2.24) is 0 Å². The Balaban J connectivity index is 1.48. The Morgan fingerprint density at radius 1 is 1.15 bits per heavy atom. The molecule has 8 atom stereocenters. The number of ether oxygens (including phenoxy) is 2. The zero-order chi connectivity index (χ0) is 23.6. The summed E-state index contributed by atoms with van der Waals surface area (Å²) in [5, 5.41) is 37.2. The number of oxime groups is 1. The molecule has 5 rings (SSSR count). The summed E-state index contributed by atoms with van der Waals surface area (Å²) in [5.74, 6) is -0.661. The summed E-state index contributed by atoms with van der Waals surface area (Å²) in [5.41, 5.74) is -2.26. The van der Waals surface area contributed by atoms with E-state index in [2.05, 4.69) is 12.1 Å². The third-order valence-corrected chi connectivity index (χ3v) is 10.2. The standard InChI is InChI=1S/C25H35NO7/c1-15(27)33-17-3-8-23(14-26-31)19-4-7-22(2)18(16-11-21(28)32-13-16)6-10-25(22,30)20(19)5-9-24(23,29)12-17/h11,14,17-20,29-31H,3-10,12-13H2,1-2H3/t17?,18?,19-,20+,22?,23?,24?,25?/m0/s1. The highest BCUT2D eigenvalue weighted by Crippen LogP contribution is 2.70. The summed E-state index contributed by atoms with van der Waals surface area (Å²) in [7, 11) is 0. The van der Waals surface area contributed by atoms with Crippen LogP contribution in [0.25, 0.3) is 0 Å². The Bertz CT molecular complexity index is 916. The van der Waals surface area contributed by atoms with Crippen molar-refractivity contribution in [3.8, 4) is 0 Å². The molecule has 0 aromatic heterocycles. The van der Waals surface area contributed by atoms with Crippen LogP contribution in [0.4, 0.5) is 0 Å². The molecule has 1 heterocycles. The van der Waals surface area contributed by atoms with Crippen LogP contribution in [0.5, 0.6) is 0 Å². The van der Waals surface area contributed by atoms with Gasteiger partial charge in [-0.05, 0) is 74.7 Å². The van der Waals surface area contributed by atoms with Gasteiger partial charge in [0.2, 0.25) is 0 Å². The highest BCUT2D eigenvalue weighted by atomic mass is 16.5. The van der Waals surface area contributed by atoms with Gasteiger partial charge in [0.25, 0.3) is 0 Å². The average molecular weight is 462 g/mol. The van der Waals surface area contributed by atoms with Gasteiger partial charge in [-0.1, -0.05) is 6.92 Å². The predicted molar refractivity (Wildman–Crippen MR) is 117 cm³/mol. The molecule has 6 unspecified atom stereocenters. The van der Waals surface area contributed by atoms with Crippen LogP contribution in [-0.4, -0.2) is 57.5 Å². The number of aliphatic hydroxyl groups is 2. The van der Waals surface area contributed by atoms with Crippen LogP contribution >= 0.6 is 0 Å². The van der Waals surface area contributed by atoms with E-state index in [9.17, 15) is 25.0 Å². The Labute approximate surface area is 194 Å². The fourth-order valence-corrected chi connectivity index (χ4v) is 8.78. The molecular formula is C25H35NO7. The third kappa shape index (κ3) is 3.05. The van der Waals surface area contributed by atoms with E-state index in [-0.39, 0.29) is 41.2 Å². The minimum absolute atomic E-state index is 0.0438. The second-order valence-electron chi connectivity index (χ2n) is 11.3. The van der Waals surface area contributed by atoms with Crippen molar-refractivity contribution in [2.45, 2.75) is 88.9 Å². The molecule has 1 aliphatic heterocycles. The number of hydrogen-bond donors (Lipinski definition) is 3. The first kappa shape index (κ1) is 22.8. The van der Waals surface area contributed by atoms with E-state index in [0.29, 0.717) is 45.1 Å². The first-order valence-corrected chi connectivity index (χ1v) is 12.3. The maximum atomic E-state index is 12.3. The van der Waals surface area contributed by atoms with Crippen molar-refractivity contribution in [3.63, 3.8) is 0 Å². The molecule has 4 aliphatic carbocycles. The number of carbonyl (C=O) groups is 2. The summed E-state index contributed by atoms with van der Waals surface area (Å²) < 4.78 is 10.6. The van der Waals surface area contributed by atoms with Gasteiger partial charge >= 0.3 is 11.9 Å². The summed E-state index contributed by atoms with van der Waals surface area (Å²) in [6.45, 7) is 3.84. The monoisotopic (exact) mass is 461 g/mol. The van der Waals surface area contributed by atoms with Crippen molar-refractivity contribution >= 4 is 18.2 Å². The molecule has 0 spiro atoms. The van der Waals surface area contributed by atoms with E-state index in [4.69, 9.17) is 9.47 Å². The lowest BCUT2D eigenvalue weighted by Gasteiger charge is -2.65. The smallest absolute Gasteiger partial charge is 0.331 e. The summed E-state index contributed by atoms with van der Waals surface area (Å²) >= 11 is 0. The number of cyclic esters (lactones) is 1. The Morgan fingerprint density at radius 3 is 2.58 bits per heavy atom. The normalized spacial score (nSPS) is 49.1. The van der Waals surface area contributed by atoms with Gasteiger partial charge in [0.15, 0.2) is 0 Å². The minimum Gasteiger partial charge on any atom is -0.462 e. The molecule has 5 aliphatic rings. The van der Waals surface area contributed by atoms with Crippen LogP contribution in [0.1, 0.15) is 71.6 Å². The zero-order valence-electron chi connectivity index (χ0n) is 19.5. The second-order valence-corrected chi connectivity index (χ2v) is 11.3. The SMILES string of the molecule is CC(=O)OC1CCC2(C=NO)[C@H]3CCC4(C)C(C5=CC(=O)OC5)CCC4(O)[C@@H]3CCC2(O)C1. The minimum atomic E-state index is -1.16. The van der Waals surface area contributed by atoms with Gasteiger partial charge in [0.1, 0.15) is 12.7 Å². The average Bonchev–Trinajstić information content (AvgIpc) is 3.28. The van der Waals surface area contributed by atoms with Gasteiger partial charge in [0.05, 0.1) is 17.4 Å². The topological polar surface area (TPSA) is 126 Å². The van der Waals surface area contributed by atoms with Gasteiger partial charge in [-0.25, -0.2) is 4.79 Å². The third-order valence-electron chi connectivity index (χ3n) is 10.2. The van der Waals surface area contributed by atoms with Gasteiger partial charge in [-0.2, -0.15) is 0 Å². The van der Waals surface area contributed by atoms with Crippen molar-refractivity contribution in [2.75, 3.05) is 6.61 Å². The fourth-order valence-electron chi connectivity index (χ4n) is 8.78. The Kier molecular flexibility index (Phi) is 5.22. The van der Waals surface area contributed by atoms with Crippen molar-refractivity contribution in [2.24, 2.45) is 33.7 Å². The molecule has 4 saturated carbocycles. The van der Waals surface area contributed by atoms with Crippen LogP contribution in [0, 0.1) is 28.6 Å². The van der Waals surface area contributed by atoms with E-state index in [1.807, 2.05) is 0 Å². The largest absolute Gasteiger partial charge is 0.462 e. The molecule has 0 bridgehead atoms. The summed E-state index contributed by atoms with van der Waals surface area (Å²) in [6.07, 6.45) is 8.28. The molecule has 0 aromatic carbocycles. The van der Waals surface area contributed by atoms with Crippen LogP contribution in [0.15, 0.2) is 16.8 Å². The molecule has 4 fully saturated rings. The molecule has 33 heavy (non-hydrogen) atoms. The van der Waals surface area contributed by atoms with Crippen molar-refractivity contribution in [1.29, 1.82) is 0 Å². The second kappa shape index (κ2) is 7.54. The van der Waals surface area contributed by atoms with Crippen molar-refractivity contribution < 1.29 is 34.5 Å². The first-order chi connectivity index (χ1) is 15.6. The summed E-state index contributed by atoms with van der Waals surface area (Å²) in [6, 6.07) is 0. The quantitative estimate of drug-likeness (QED) is 0.255. The number of rotatable bonds is 3. The molecule has 8 heteroatoms. The van der Waals surface area contributed by atoms with Crippen LogP contribution in [0.2, 0.25) is 0 Å². The van der Waals surface area contributed by atoms with E-state index >= 15 is 0 Å². The first-order valence-electron chi connectivity index (χ1n) is 12.3. The summed E-state index contributed by atoms with van der Waals surface area (Å²) in [4.78, 5) is 23.3. The van der Waals surface area contributed by atoms with Gasteiger partial charge in [-0.15, -0.1) is 5.16 Å². The molecular weight excluding hydrogens is 426 g/mol. The van der Waals surface area contributed by atoms with Gasteiger partial charge in [0, 0.05) is 30.3 Å². The van der Waals surface area contributed by atoms with E-state index in [0.717, 1.165) is 24.8 Å². The fraction of sp³-hybridized carbons (Fsp3) is 0.800. The number of nitrogens with zero attached hydrogens (tertiary/aromatic N) is 1. The van der Waals surface area contributed by atoms with Gasteiger partial charge < -0.3 is 24.9 Å². The zero-order valence-corrected chi connectivity index (χ0v) is 19.5. The highest BCUT2D eigenvalue weighted by Gasteiger charge is 2.71. The molecule has 0 radical (unpaired) electrons. The predicted octanol–water partition coefficient (Wildman–Crippen LogP) is 2.73. The highest BCUT2D eigenvalue weighted by molar-refractivity contribution is 5.85. The maximum absolute atomic E-state index is 12.3. The lowest BCUT2D eigenvalue weighted by molar-refractivity contribution is -0.239. The molecule has 0 aromatic rings. The molecule has 0 saturated heterocycles. The van der Waals surface area contributed by atoms with E-state index in [1.54, 1.807) is 6.08 Å².